The second-order valence-corrected chi connectivity index (χ2v) is 9.45. The van der Waals surface area contributed by atoms with Gasteiger partial charge in [-0.15, -0.1) is 0 Å². The molecule has 0 radical (unpaired) electrons. The molecule has 2 aliphatic heterocycles. The summed E-state index contributed by atoms with van der Waals surface area (Å²) < 4.78 is 5.29. The Morgan fingerprint density at radius 3 is 2.30 bits per heavy atom. The van der Waals surface area contributed by atoms with E-state index in [1.165, 1.54) is 0 Å². The number of benzene rings is 4. The number of carbonyl (C=O) groups is 1. The molecule has 0 saturated carbocycles. The largest absolute Gasteiger partial charge is 0.497 e. The Balaban J connectivity index is 1.62. The minimum atomic E-state index is -1.46. The van der Waals surface area contributed by atoms with Gasteiger partial charge in [-0.3, -0.25) is 4.79 Å². The summed E-state index contributed by atoms with van der Waals surface area (Å²) >= 11 is 0. The Labute approximate surface area is 215 Å². The number of fused-ring (bicyclic) bond motifs is 5. The highest BCUT2D eigenvalue weighted by atomic mass is 16.5. The third kappa shape index (κ3) is 3.25. The lowest BCUT2D eigenvalue weighted by molar-refractivity contribution is 0.0951. The van der Waals surface area contributed by atoms with Crippen molar-refractivity contribution in [1.82, 2.24) is 0 Å². The average molecular weight is 482 g/mol. The van der Waals surface area contributed by atoms with Gasteiger partial charge in [0.15, 0.2) is 11.2 Å². The Morgan fingerprint density at radius 2 is 1.59 bits per heavy atom. The molecule has 0 aromatic heterocycles. The number of hydrogen-bond acceptors (Lipinski definition) is 5. The van der Waals surface area contributed by atoms with E-state index in [0.717, 1.165) is 27.6 Å². The van der Waals surface area contributed by atoms with Gasteiger partial charge in [-0.2, -0.15) is 10.5 Å². The summed E-state index contributed by atoms with van der Waals surface area (Å²) in [6, 6.07) is 32.1. The first-order valence-electron chi connectivity index (χ1n) is 12.2. The molecule has 1 saturated heterocycles. The predicted molar refractivity (Wildman–Crippen MR) is 143 cm³/mol. The van der Waals surface area contributed by atoms with Crippen LogP contribution in [0.2, 0.25) is 0 Å². The second kappa shape index (κ2) is 8.66. The van der Waals surface area contributed by atoms with Crippen molar-refractivity contribution in [2.24, 2.45) is 5.41 Å². The van der Waals surface area contributed by atoms with Crippen molar-refractivity contribution >= 4 is 28.3 Å². The van der Waals surface area contributed by atoms with Crippen molar-refractivity contribution in [2.45, 2.75) is 18.0 Å². The molecule has 4 aromatic carbocycles. The molecule has 178 valence electrons. The average Bonchev–Trinajstić information content (AvgIpc) is 3.28. The number of ketones is 1. The van der Waals surface area contributed by atoms with Gasteiger partial charge in [0.1, 0.15) is 11.8 Å². The number of nitriles is 2. The number of Topliss-reactive ketones (excluding diaryl/α,β-unsaturated/α-hetero) is 1. The zero-order valence-electron chi connectivity index (χ0n) is 20.2. The number of ether oxygens (including phenoxy) is 1. The molecule has 0 aliphatic carbocycles. The summed E-state index contributed by atoms with van der Waals surface area (Å²) in [5, 5.41) is 23.3. The van der Waals surface area contributed by atoms with Crippen molar-refractivity contribution < 1.29 is 9.53 Å². The summed E-state index contributed by atoms with van der Waals surface area (Å²) in [5.74, 6) is -0.143. The maximum atomic E-state index is 14.4. The van der Waals surface area contributed by atoms with Crippen LogP contribution in [-0.4, -0.2) is 25.0 Å². The highest BCUT2D eigenvalue weighted by Crippen LogP contribution is 2.56. The number of carbonyl (C=O) groups excluding carboxylic acids is 1. The molecule has 0 bridgehead atoms. The number of rotatable bonds is 4. The molecule has 0 unspecified atom stereocenters. The van der Waals surface area contributed by atoms with Crippen molar-refractivity contribution in [3.8, 4) is 17.9 Å². The lowest BCUT2D eigenvalue weighted by Gasteiger charge is -2.36. The molecule has 0 amide bonds. The number of anilines is 1. The normalized spacial score (nSPS) is 20.9. The van der Waals surface area contributed by atoms with E-state index in [1.807, 2.05) is 71.6 Å². The van der Waals surface area contributed by atoms with Gasteiger partial charge in [0.2, 0.25) is 0 Å². The molecular formula is C32H23N3O2. The lowest BCUT2D eigenvalue weighted by atomic mass is 9.69. The third-order valence-corrected chi connectivity index (χ3v) is 7.72. The minimum Gasteiger partial charge on any atom is -0.497 e. The summed E-state index contributed by atoms with van der Waals surface area (Å²) in [6.07, 6.45) is 3.93. The fourth-order valence-corrected chi connectivity index (χ4v) is 6.01. The summed E-state index contributed by atoms with van der Waals surface area (Å²) in [5.41, 5.74) is 1.68. The van der Waals surface area contributed by atoms with Crippen molar-refractivity contribution in [1.29, 1.82) is 10.5 Å². The molecule has 3 atom stereocenters. The molecule has 5 nitrogen and oxygen atoms in total. The molecule has 37 heavy (non-hydrogen) atoms. The van der Waals surface area contributed by atoms with Crippen LogP contribution >= 0.6 is 0 Å². The zero-order valence-corrected chi connectivity index (χ0v) is 20.2. The van der Waals surface area contributed by atoms with Crippen LogP contribution in [0.25, 0.3) is 16.8 Å². The summed E-state index contributed by atoms with van der Waals surface area (Å²) in [6.45, 7) is 0. The van der Waals surface area contributed by atoms with Gasteiger partial charge in [0.25, 0.3) is 0 Å². The Hall–Kier alpha value is -4.87. The monoisotopic (exact) mass is 481 g/mol. The predicted octanol–water partition coefficient (Wildman–Crippen LogP) is 6.13. The van der Waals surface area contributed by atoms with Crippen LogP contribution in [0.5, 0.6) is 5.75 Å². The SMILES string of the molecule is COc1ccc(C(=O)[C@@H]2[C@@H](c3ccccc3)C(C#N)(C#N)[C@H]3C=Cc4c(ccc5ccccc45)N23)cc1. The van der Waals surface area contributed by atoms with E-state index < -0.39 is 23.4 Å². The molecule has 0 N–H and O–H groups in total. The van der Waals surface area contributed by atoms with E-state index in [-0.39, 0.29) is 5.78 Å². The fourth-order valence-electron chi connectivity index (χ4n) is 6.01. The molecule has 2 heterocycles. The molecule has 1 fully saturated rings. The maximum Gasteiger partial charge on any atom is 0.185 e. The highest BCUT2D eigenvalue weighted by Gasteiger charge is 2.63. The van der Waals surface area contributed by atoms with E-state index in [4.69, 9.17) is 4.74 Å². The molecule has 2 aliphatic rings. The standard InChI is InChI=1S/C32H23N3O2/c1-37-24-14-11-23(12-15-24)31(36)30-29(22-8-3-2-4-9-22)32(19-33,20-34)28-18-16-26-25-10-6-5-7-21(25)13-17-27(26)35(28)30/h2-18,28-30H,1H3/t28-,29-,30+/m1/s1. The molecule has 6 rings (SSSR count). The van der Waals surface area contributed by atoms with Gasteiger partial charge in [0, 0.05) is 22.7 Å². The highest BCUT2D eigenvalue weighted by molar-refractivity contribution is 6.06. The van der Waals surface area contributed by atoms with Crippen LogP contribution < -0.4 is 9.64 Å². The van der Waals surface area contributed by atoms with Crippen molar-refractivity contribution in [2.75, 3.05) is 12.0 Å². The number of methoxy groups -OCH3 is 1. The van der Waals surface area contributed by atoms with Gasteiger partial charge in [-0.1, -0.05) is 72.8 Å². The van der Waals surface area contributed by atoms with Crippen molar-refractivity contribution in [3.05, 3.63) is 114 Å². The first-order valence-corrected chi connectivity index (χ1v) is 12.2. The van der Waals surface area contributed by atoms with Crippen LogP contribution in [0, 0.1) is 28.1 Å². The first-order chi connectivity index (χ1) is 18.1. The minimum absolute atomic E-state index is 0.136. The van der Waals surface area contributed by atoms with E-state index in [1.54, 1.807) is 31.4 Å². The van der Waals surface area contributed by atoms with E-state index in [2.05, 4.69) is 24.3 Å². The second-order valence-electron chi connectivity index (χ2n) is 9.45. The Kier molecular flexibility index (Phi) is 5.29. The Bertz CT molecular complexity index is 1610. The van der Waals surface area contributed by atoms with Crippen LogP contribution in [0.4, 0.5) is 5.69 Å². The fraction of sp³-hybridized carbons (Fsp3) is 0.156. The van der Waals surface area contributed by atoms with Gasteiger partial charge in [0.05, 0.1) is 25.3 Å². The zero-order chi connectivity index (χ0) is 25.6. The summed E-state index contributed by atoms with van der Waals surface area (Å²) in [7, 11) is 1.58. The van der Waals surface area contributed by atoms with Gasteiger partial charge < -0.3 is 9.64 Å². The van der Waals surface area contributed by atoms with E-state index in [9.17, 15) is 15.3 Å². The lowest BCUT2D eigenvalue weighted by Crippen LogP contribution is -2.44. The third-order valence-electron chi connectivity index (χ3n) is 7.72. The molecule has 0 spiro atoms. The van der Waals surface area contributed by atoms with Gasteiger partial charge in [-0.05, 0) is 46.7 Å². The van der Waals surface area contributed by atoms with E-state index >= 15 is 0 Å². The maximum absolute atomic E-state index is 14.4. The van der Waals surface area contributed by atoms with E-state index in [0.29, 0.717) is 11.3 Å². The van der Waals surface area contributed by atoms with Crippen LogP contribution in [0.15, 0.2) is 97.1 Å². The van der Waals surface area contributed by atoms with Crippen LogP contribution in [0.3, 0.4) is 0 Å². The van der Waals surface area contributed by atoms with Crippen molar-refractivity contribution in [3.63, 3.8) is 0 Å². The number of hydrogen-bond donors (Lipinski definition) is 0. The van der Waals surface area contributed by atoms with Gasteiger partial charge >= 0.3 is 0 Å². The Morgan fingerprint density at radius 1 is 0.892 bits per heavy atom. The first kappa shape index (κ1) is 22.6. The number of nitrogens with zero attached hydrogens (tertiary/aromatic N) is 3. The van der Waals surface area contributed by atoms with Gasteiger partial charge in [-0.25, -0.2) is 0 Å². The molecular weight excluding hydrogens is 458 g/mol. The topological polar surface area (TPSA) is 77.1 Å². The quantitative estimate of drug-likeness (QED) is 0.328. The van der Waals surface area contributed by atoms with Crippen LogP contribution in [-0.2, 0) is 0 Å². The molecule has 5 heteroatoms. The molecule has 4 aromatic rings. The van der Waals surface area contributed by atoms with Crippen LogP contribution in [0.1, 0.15) is 27.4 Å². The summed E-state index contributed by atoms with van der Waals surface area (Å²) in [4.78, 5) is 16.4. The smallest absolute Gasteiger partial charge is 0.185 e.